The topological polar surface area (TPSA) is 21.6 Å². The van der Waals surface area contributed by atoms with Crippen molar-refractivity contribution in [3.05, 3.63) is 63.6 Å². The summed E-state index contributed by atoms with van der Waals surface area (Å²) in [6, 6.07) is 15.2. The highest BCUT2D eigenvalue weighted by atomic mass is 79.9. The van der Waals surface area contributed by atoms with Crippen molar-refractivity contribution < 1.29 is 4.74 Å². The minimum atomic E-state index is 0.568. The van der Waals surface area contributed by atoms with E-state index < -0.39 is 0 Å². The zero-order valence-electron chi connectivity index (χ0n) is 9.73. The molecule has 0 radical (unpaired) electrons. The fraction of sp³-hybridized carbons (Fsp3) is 0.0714. The maximum Gasteiger partial charge on any atom is 0.221 e. The van der Waals surface area contributed by atoms with E-state index in [1.54, 1.807) is 19.2 Å². The minimum absolute atomic E-state index is 0.568. The van der Waals surface area contributed by atoms with Crippen LogP contribution in [0.4, 0.5) is 5.69 Å². The molecule has 92 valence electrons. The van der Waals surface area contributed by atoms with Crippen LogP contribution in [0.3, 0.4) is 0 Å². The Morgan fingerprint density at radius 1 is 1.17 bits per heavy atom. The lowest BCUT2D eigenvalue weighted by molar-refractivity contribution is 0.405. The van der Waals surface area contributed by atoms with E-state index in [-0.39, 0.29) is 0 Å². The van der Waals surface area contributed by atoms with Crippen LogP contribution in [0, 0.1) is 0 Å². The van der Waals surface area contributed by atoms with E-state index in [2.05, 4.69) is 20.9 Å². The Labute approximate surface area is 119 Å². The summed E-state index contributed by atoms with van der Waals surface area (Å²) in [6.45, 7) is 0. The fourth-order valence-electron chi connectivity index (χ4n) is 1.49. The van der Waals surface area contributed by atoms with Crippen molar-refractivity contribution in [3.63, 3.8) is 0 Å². The zero-order chi connectivity index (χ0) is 13.0. The molecule has 2 aromatic carbocycles. The molecule has 0 aliphatic heterocycles. The first kappa shape index (κ1) is 13.1. The van der Waals surface area contributed by atoms with E-state index >= 15 is 0 Å². The second kappa shape index (κ2) is 6.03. The van der Waals surface area contributed by atoms with Crippen molar-refractivity contribution >= 4 is 39.1 Å². The van der Waals surface area contributed by atoms with Crippen LogP contribution in [0.5, 0.6) is 0 Å². The summed E-state index contributed by atoms with van der Waals surface area (Å²) < 4.78 is 6.16. The van der Waals surface area contributed by atoms with Crippen LogP contribution in [0.25, 0.3) is 0 Å². The Bertz CT molecular complexity index is 569. The lowest BCUT2D eigenvalue weighted by atomic mass is 10.2. The van der Waals surface area contributed by atoms with Gasteiger partial charge in [-0.25, -0.2) is 4.99 Å². The first-order valence-corrected chi connectivity index (χ1v) is 6.51. The molecule has 2 nitrogen and oxygen atoms in total. The third-order valence-electron chi connectivity index (χ3n) is 2.35. The van der Waals surface area contributed by atoms with Crippen LogP contribution < -0.4 is 0 Å². The van der Waals surface area contributed by atoms with Gasteiger partial charge in [0.2, 0.25) is 5.90 Å². The van der Waals surface area contributed by atoms with Crippen molar-refractivity contribution in [2.24, 2.45) is 4.99 Å². The molecule has 0 atom stereocenters. The minimum Gasteiger partial charge on any atom is -0.481 e. The lowest BCUT2D eigenvalue weighted by Crippen LogP contribution is -2.02. The van der Waals surface area contributed by atoms with Crippen LogP contribution in [-0.4, -0.2) is 13.0 Å². The predicted molar refractivity (Wildman–Crippen MR) is 78.8 cm³/mol. The quantitative estimate of drug-likeness (QED) is 0.573. The Hall–Kier alpha value is -1.32. The number of hydrogen-bond acceptors (Lipinski definition) is 2. The van der Waals surface area contributed by atoms with E-state index in [4.69, 9.17) is 16.3 Å². The van der Waals surface area contributed by atoms with Gasteiger partial charge in [-0.15, -0.1) is 0 Å². The molecule has 0 aromatic heterocycles. The van der Waals surface area contributed by atoms with Crippen molar-refractivity contribution in [2.75, 3.05) is 7.11 Å². The third kappa shape index (κ3) is 3.12. The zero-order valence-corrected chi connectivity index (χ0v) is 12.1. The number of rotatable bonds is 2. The van der Waals surface area contributed by atoms with Gasteiger partial charge in [0.1, 0.15) is 0 Å². The molecule has 0 aliphatic carbocycles. The number of aliphatic imine (C=N–C) groups is 1. The molecule has 0 saturated heterocycles. The molecule has 2 aromatic rings. The van der Waals surface area contributed by atoms with Crippen LogP contribution in [0.2, 0.25) is 5.02 Å². The van der Waals surface area contributed by atoms with Gasteiger partial charge in [-0.1, -0.05) is 29.8 Å². The monoisotopic (exact) mass is 323 g/mol. The van der Waals surface area contributed by atoms with Gasteiger partial charge in [0, 0.05) is 15.1 Å². The van der Waals surface area contributed by atoms with Crippen molar-refractivity contribution in [1.82, 2.24) is 0 Å². The number of halogens is 2. The molecule has 0 fully saturated rings. The predicted octanol–water partition coefficient (Wildman–Crippen LogP) is 4.83. The number of hydrogen-bond donors (Lipinski definition) is 0. The Kier molecular flexibility index (Phi) is 4.39. The summed E-state index contributed by atoms with van der Waals surface area (Å²) >= 11 is 9.32. The van der Waals surface area contributed by atoms with Gasteiger partial charge in [-0.3, -0.25) is 0 Å². The van der Waals surface area contributed by atoms with Crippen LogP contribution in [0.1, 0.15) is 5.56 Å². The Morgan fingerprint density at radius 3 is 2.50 bits per heavy atom. The van der Waals surface area contributed by atoms with Crippen LogP contribution in [0.15, 0.2) is 58.0 Å². The molecule has 0 unspecified atom stereocenters. The van der Waals surface area contributed by atoms with Gasteiger partial charge < -0.3 is 4.74 Å². The van der Waals surface area contributed by atoms with Gasteiger partial charge in [-0.05, 0) is 46.3 Å². The summed E-state index contributed by atoms with van der Waals surface area (Å²) in [6.07, 6.45) is 0. The SMILES string of the molecule is COC(=Nc1ccc(Cl)cc1Br)c1ccccc1. The average Bonchev–Trinajstić information content (AvgIpc) is 2.39. The number of methoxy groups -OCH3 is 1. The Morgan fingerprint density at radius 2 is 1.89 bits per heavy atom. The van der Waals surface area contributed by atoms with Gasteiger partial charge in [0.25, 0.3) is 0 Å². The molecule has 0 saturated carbocycles. The molecular formula is C14H11BrClNO. The summed E-state index contributed by atoms with van der Waals surface area (Å²) in [4.78, 5) is 4.48. The van der Waals surface area contributed by atoms with E-state index in [0.29, 0.717) is 10.9 Å². The number of benzene rings is 2. The van der Waals surface area contributed by atoms with Gasteiger partial charge >= 0.3 is 0 Å². The molecule has 2 rings (SSSR count). The molecule has 18 heavy (non-hydrogen) atoms. The van der Waals surface area contributed by atoms with Gasteiger partial charge in [-0.2, -0.15) is 0 Å². The first-order chi connectivity index (χ1) is 8.70. The van der Waals surface area contributed by atoms with Crippen molar-refractivity contribution in [2.45, 2.75) is 0 Å². The summed E-state index contributed by atoms with van der Waals surface area (Å²) in [7, 11) is 1.61. The van der Waals surface area contributed by atoms with E-state index in [1.165, 1.54) is 0 Å². The molecule has 4 heteroatoms. The fourth-order valence-corrected chi connectivity index (χ4v) is 2.26. The van der Waals surface area contributed by atoms with E-state index in [9.17, 15) is 0 Å². The van der Waals surface area contributed by atoms with Gasteiger partial charge in [0.05, 0.1) is 12.8 Å². The summed E-state index contributed by atoms with van der Waals surface area (Å²) in [5.41, 5.74) is 1.71. The maximum atomic E-state index is 5.89. The van der Waals surface area contributed by atoms with Crippen LogP contribution >= 0.6 is 27.5 Å². The lowest BCUT2D eigenvalue weighted by Gasteiger charge is -2.06. The normalized spacial score (nSPS) is 11.4. The average molecular weight is 325 g/mol. The van der Waals surface area contributed by atoms with Crippen molar-refractivity contribution in [3.8, 4) is 0 Å². The molecule has 0 aliphatic rings. The molecule has 0 heterocycles. The highest BCUT2D eigenvalue weighted by molar-refractivity contribution is 9.10. The summed E-state index contributed by atoms with van der Waals surface area (Å²) in [5.74, 6) is 0.568. The summed E-state index contributed by atoms with van der Waals surface area (Å²) in [5, 5.41) is 0.666. The maximum absolute atomic E-state index is 5.89. The molecule has 0 bridgehead atoms. The highest BCUT2D eigenvalue weighted by Gasteiger charge is 2.05. The standard InChI is InChI=1S/C14H11BrClNO/c1-18-14(10-5-3-2-4-6-10)17-13-8-7-11(16)9-12(13)15/h2-9H,1H3. The largest absolute Gasteiger partial charge is 0.481 e. The molecule has 0 amide bonds. The molecular weight excluding hydrogens is 314 g/mol. The number of nitrogens with zero attached hydrogens (tertiary/aromatic N) is 1. The smallest absolute Gasteiger partial charge is 0.221 e. The second-order valence-electron chi connectivity index (χ2n) is 3.58. The molecule has 0 spiro atoms. The van der Waals surface area contributed by atoms with E-state index in [0.717, 1.165) is 15.7 Å². The van der Waals surface area contributed by atoms with Crippen LogP contribution in [-0.2, 0) is 4.74 Å². The highest BCUT2D eigenvalue weighted by Crippen LogP contribution is 2.29. The Balaban J connectivity index is 2.41. The second-order valence-corrected chi connectivity index (χ2v) is 4.87. The van der Waals surface area contributed by atoms with Gasteiger partial charge in [0.15, 0.2) is 0 Å². The molecule has 0 N–H and O–H groups in total. The first-order valence-electron chi connectivity index (χ1n) is 5.34. The van der Waals surface area contributed by atoms with E-state index in [1.807, 2.05) is 36.4 Å². The number of ether oxygens (including phenoxy) is 1. The van der Waals surface area contributed by atoms with Crippen molar-refractivity contribution in [1.29, 1.82) is 0 Å². The third-order valence-corrected chi connectivity index (χ3v) is 3.22.